The average Bonchev–Trinajstić information content (AvgIpc) is 3.24. The van der Waals surface area contributed by atoms with Crippen molar-refractivity contribution in [3.8, 4) is 11.5 Å². The summed E-state index contributed by atoms with van der Waals surface area (Å²) in [6, 6.07) is 9.20. The highest BCUT2D eigenvalue weighted by atomic mass is 19.1. The van der Waals surface area contributed by atoms with Gasteiger partial charge in [-0.3, -0.25) is 14.2 Å². The van der Waals surface area contributed by atoms with E-state index in [9.17, 15) is 18.8 Å². The van der Waals surface area contributed by atoms with Crippen molar-refractivity contribution in [3.63, 3.8) is 0 Å². The Hall–Kier alpha value is -3.88. The molecule has 0 bridgehead atoms. The Kier molecular flexibility index (Phi) is 4.80. The third kappa shape index (κ3) is 3.35. The zero-order valence-electron chi connectivity index (χ0n) is 17.3. The maximum absolute atomic E-state index is 13.7. The number of carbonyl (C=O) groups is 1. The first-order valence-electron chi connectivity index (χ1n) is 10.3. The van der Waals surface area contributed by atoms with Crippen LogP contribution in [0.2, 0.25) is 0 Å². The van der Waals surface area contributed by atoms with Crippen LogP contribution in [0.3, 0.4) is 0 Å². The zero-order valence-corrected chi connectivity index (χ0v) is 17.3. The van der Waals surface area contributed by atoms with E-state index in [1.54, 1.807) is 24.3 Å². The first kappa shape index (κ1) is 20.0. The average molecular weight is 437 g/mol. The molecule has 0 saturated carbocycles. The number of benzene rings is 2. The summed E-state index contributed by atoms with van der Waals surface area (Å²) in [5.41, 5.74) is 0.453. The highest BCUT2D eigenvalue weighted by Gasteiger charge is 2.31. The second-order valence-corrected chi connectivity index (χ2v) is 7.92. The summed E-state index contributed by atoms with van der Waals surface area (Å²) in [5.74, 6) is 0.213. The molecule has 32 heavy (non-hydrogen) atoms. The van der Waals surface area contributed by atoms with Crippen molar-refractivity contribution in [2.75, 3.05) is 11.7 Å². The number of aryl methyl sites for hydroxylation is 1. The van der Waals surface area contributed by atoms with E-state index < -0.39 is 17.2 Å². The highest BCUT2D eigenvalue weighted by molar-refractivity contribution is 6.06. The molecule has 3 heterocycles. The molecular formula is C23H20FN3O5. The number of carbonyl (C=O) groups excluding carboxylic acids is 1. The number of aromatic amines is 1. The number of fused-ring (bicyclic) bond motifs is 2. The molecule has 1 N–H and O–H groups in total. The molecule has 1 aromatic heterocycles. The molecule has 1 atom stereocenters. The molecule has 3 aromatic rings. The predicted molar refractivity (Wildman–Crippen MR) is 114 cm³/mol. The largest absolute Gasteiger partial charge is 0.454 e. The number of amides is 1. The standard InChI is InChI=1S/C23H20FN3O5/c1-13-2-4-15-9-16(24)5-6-18(15)27(13)22(29)17-10-25-23(30)26(21(17)28)11-14-3-7-19-20(8-14)32-12-31-19/h3,5-10,13H,2,4,11-12H2,1H3,(H,25,30). The maximum atomic E-state index is 13.7. The minimum absolute atomic E-state index is 0.0384. The van der Waals surface area contributed by atoms with Crippen LogP contribution in [-0.2, 0) is 13.0 Å². The van der Waals surface area contributed by atoms with Gasteiger partial charge in [-0.15, -0.1) is 0 Å². The molecule has 0 aliphatic carbocycles. The third-order valence-corrected chi connectivity index (χ3v) is 5.86. The van der Waals surface area contributed by atoms with Crippen molar-refractivity contribution < 1.29 is 18.7 Å². The van der Waals surface area contributed by atoms with Gasteiger partial charge in [-0.1, -0.05) is 6.07 Å². The van der Waals surface area contributed by atoms with E-state index in [0.29, 0.717) is 41.2 Å². The monoisotopic (exact) mass is 437 g/mol. The zero-order chi connectivity index (χ0) is 22.4. The minimum Gasteiger partial charge on any atom is -0.454 e. The van der Waals surface area contributed by atoms with Crippen molar-refractivity contribution in [2.45, 2.75) is 32.4 Å². The van der Waals surface area contributed by atoms with Crippen molar-refractivity contribution in [2.24, 2.45) is 0 Å². The molecule has 0 saturated heterocycles. The molecule has 0 radical (unpaired) electrons. The lowest BCUT2D eigenvalue weighted by atomic mass is 9.96. The van der Waals surface area contributed by atoms with Gasteiger partial charge in [0.05, 0.1) is 6.54 Å². The van der Waals surface area contributed by atoms with Crippen molar-refractivity contribution in [1.29, 1.82) is 0 Å². The summed E-state index contributed by atoms with van der Waals surface area (Å²) < 4.78 is 25.3. The van der Waals surface area contributed by atoms with Gasteiger partial charge in [0.1, 0.15) is 11.4 Å². The Morgan fingerprint density at radius 2 is 1.97 bits per heavy atom. The molecule has 2 aromatic carbocycles. The molecule has 8 nitrogen and oxygen atoms in total. The fourth-order valence-corrected chi connectivity index (χ4v) is 4.19. The third-order valence-electron chi connectivity index (χ3n) is 5.86. The van der Waals surface area contributed by atoms with Gasteiger partial charge in [-0.25, -0.2) is 9.18 Å². The van der Waals surface area contributed by atoms with E-state index in [0.717, 1.165) is 10.8 Å². The van der Waals surface area contributed by atoms with Gasteiger partial charge in [0.2, 0.25) is 6.79 Å². The number of hydrogen-bond acceptors (Lipinski definition) is 5. The Morgan fingerprint density at radius 3 is 2.81 bits per heavy atom. The van der Waals surface area contributed by atoms with Crippen LogP contribution < -0.4 is 25.6 Å². The van der Waals surface area contributed by atoms with Crippen LogP contribution in [0.15, 0.2) is 52.2 Å². The van der Waals surface area contributed by atoms with E-state index in [1.807, 2.05) is 6.92 Å². The van der Waals surface area contributed by atoms with Crippen molar-refractivity contribution in [1.82, 2.24) is 9.55 Å². The summed E-state index contributed by atoms with van der Waals surface area (Å²) in [6.45, 7) is 1.95. The second kappa shape index (κ2) is 7.67. The van der Waals surface area contributed by atoms with Gasteiger partial charge < -0.3 is 19.4 Å². The van der Waals surface area contributed by atoms with Gasteiger partial charge in [0, 0.05) is 17.9 Å². The molecule has 9 heteroatoms. The van der Waals surface area contributed by atoms with Crippen LogP contribution in [0.1, 0.15) is 34.8 Å². The smallest absolute Gasteiger partial charge is 0.328 e. The first-order valence-corrected chi connectivity index (χ1v) is 10.3. The van der Waals surface area contributed by atoms with E-state index in [4.69, 9.17) is 9.47 Å². The normalized spacial score (nSPS) is 16.7. The fraction of sp³-hybridized carbons (Fsp3) is 0.261. The predicted octanol–water partition coefficient (Wildman–Crippen LogP) is 2.43. The number of ether oxygens (including phenoxy) is 2. The van der Waals surface area contributed by atoms with Gasteiger partial charge >= 0.3 is 5.69 Å². The maximum Gasteiger partial charge on any atom is 0.328 e. The van der Waals surface area contributed by atoms with Crippen LogP contribution in [-0.4, -0.2) is 28.3 Å². The van der Waals surface area contributed by atoms with Crippen molar-refractivity contribution >= 4 is 11.6 Å². The summed E-state index contributed by atoms with van der Waals surface area (Å²) in [5, 5.41) is 0. The van der Waals surface area contributed by atoms with Gasteiger partial charge in [-0.2, -0.15) is 0 Å². The number of H-pyrrole nitrogens is 1. The summed E-state index contributed by atoms with van der Waals surface area (Å²) >= 11 is 0. The van der Waals surface area contributed by atoms with Gasteiger partial charge in [-0.05, 0) is 61.2 Å². The quantitative estimate of drug-likeness (QED) is 0.679. The number of nitrogens with zero attached hydrogens (tertiary/aromatic N) is 2. The fourth-order valence-electron chi connectivity index (χ4n) is 4.19. The number of aromatic nitrogens is 2. The molecule has 164 valence electrons. The van der Waals surface area contributed by atoms with Crippen LogP contribution in [0.25, 0.3) is 0 Å². The Bertz CT molecular complexity index is 1350. The Balaban J connectivity index is 1.52. The molecule has 5 rings (SSSR count). The minimum atomic E-state index is -0.696. The molecule has 1 unspecified atom stereocenters. The number of halogens is 1. The van der Waals surface area contributed by atoms with Crippen LogP contribution in [0.4, 0.5) is 10.1 Å². The lowest BCUT2D eigenvalue weighted by molar-refractivity contribution is 0.0972. The summed E-state index contributed by atoms with van der Waals surface area (Å²) in [6.07, 6.45) is 2.42. The number of anilines is 1. The molecule has 2 aliphatic heterocycles. The second-order valence-electron chi connectivity index (χ2n) is 7.92. The number of rotatable bonds is 3. The van der Waals surface area contributed by atoms with Gasteiger partial charge in [0.25, 0.3) is 11.5 Å². The molecule has 0 spiro atoms. The van der Waals surface area contributed by atoms with E-state index >= 15 is 0 Å². The lowest BCUT2D eigenvalue weighted by Gasteiger charge is -2.35. The number of hydrogen-bond donors (Lipinski definition) is 1. The van der Waals surface area contributed by atoms with E-state index in [2.05, 4.69) is 4.98 Å². The van der Waals surface area contributed by atoms with Crippen LogP contribution in [0, 0.1) is 5.82 Å². The van der Waals surface area contributed by atoms with E-state index in [1.165, 1.54) is 17.0 Å². The van der Waals surface area contributed by atoms with Crippen molar-refractivity contribution in [3.05, 3.63) is 85.9 Å². The lowest BCUT2D eigenvalue weighted by Crippen LogP contribution is -2.46. The number of nitrogens with one attached hydrogen (secondary N) is 1. The summed E-state index contributed by atoms with van der Waals surface area (Å²) in [7, 11) is 0. The Labute approximate surface area is 181 Å². The van der Waals surface area contributed by atoms with Crippen LogP contribution >= 0.6 is 0 Å². The van der Waals surface area contributed by atoms with Crippen LogP contribution in [0.5, 0.6) is 11.5 Å². The first-order chi connectivity index (χ1) is 15.4. The molecule has 2 aliphatic rings. The highest BCUT2D eigenvalue weighted by Crippen LogP contribution is 2.33. The molecule has 1 amide bonds. The van der Waals surface area contributed by atoms with E-state index in [-0.39, 0.29) is 30.8 Å². The van der Waals surface area contributed by atoms with Gasteiger partial charge in [0.15, 0.2) is 11.5 Å². The summed E-state index contributed by atoms with van der Waals surface area (Å²) in [4.78, 5) is 43.0. The Morgan fingerprint density at radius 1 is 1.16 bits per heavy atom. The molecule has 0 fully saturated rings. The topological polar surface area (TPSA) is 93.6 Å². The SMILES string of the molecule is CC1CCc2cc(F)ccc2N1C(=O)c1c[nH]c(=O)n(Cc2ccc3c(c2)OCO3)c1=O. The molecular weight excluding hydrogens is 417 g/mol.